The number of anilines is 1. The van der Waals surface area contributed by atoms with Crippen molar-refractivity contribution in [2.24, 2.45) is 5.92 Å². The van der Waals surface area contributed by atoms with Crippen molar-refractivity contribution in [3.8, 4) is 0 Å². The molecule has 3 N–H and O–H groups in total. The van der Waals surface area contributed by atoms with Crippen LogP contribution in [0.2, 0.25) is 0 Å². The number of hydrogen-bond acceptors (Lipinski definition) is 6. The molecule has 1 aliphatic rings. The van der Waals surface area contributed by atoms with Gasteiger partial charge in [-0.3, -0.25) is 9.59 Å². The van der Waals surface area contributed by atoms with Crippen LogP contribution in [0.25, 0.3) is 11.2 Å². The summed E-state index contributed by atoms with van der Waals surface area (Å²) < 4.78 is 16.7. The lowest BCUT2D eigenvalue weighted by molar-refractivity contribution is -0.121. The Morgan fingerprint density at radius 3 is 2.81 bits per heavy atom. The second kappa shape index (κ2) is 9.08. The molecule has 3 aromatic rings. The van der Waals surface area contributed by atoms with E-state index in [2.05, 4.69) is 42.9 Å². The number of nitrogen functional groups attached to an aromatic ring is 1. The van der Waals surface area contributed by atoms with Gasteiger partial charge < -0.3 is 15.6 Å². The first-order valence-electron chi connectivity index (χ1n) is 10.5. The van der Waals surface area contributed by atoms with E-state index in [0.29, 0.717) is 36.6 Å². The van der Waals surface area contributed by atoms with Gasteiger partial charge in [-0.15, -0.1) is 0 Å². The first kappa shape index (κ1) is 22.6. The first-order valence-corrected chi connectivity index (χ1v) is 11.6. The summed E-state index contributed by atoms with van der Waals surface area (Å²) in [6.45, 7) is 4.90. The number of hydrogen-bond donors (Lipinski definition) is 2. The van der Waals surface area contributed by atoms with E-state index < -0.39 is 6.08 Å². The molecule has 0 saturated carbocycles. The molecule has 0 atom stereocenters. The van der Waals surface area contributed by atoms with Gasteiger partial charge in [0.25, 0.3) is 0 Å². The highest BCUT2D eigenvalue weighted by Crippen LogP contribution is 2.29. The van der Waals surface area contributed by atoms with Gasteiger partial charge in [-0.2, -0.15) is 14.4 Å². The fourth-order valence-electron chi connectivity index (χ4n) is 3.84. The first-order chi connectivity index (χ1) is 15.2. The van der Waals surface area contributed by atoms with Gasteiger partial charge in [0.1, 0.15) is 5.82 Å². The number of ketones is 1. The molecule has 10 heteroatoms. The Hall–Kier alpha value is -2.63. The number of aromatic nitrogens is 4. The van der Waals surface area contributed by atoms with Crippen molar-refractivity contribution in [2.75, 3.05) is 12.3 Å². The Morgan fingerprint density at radius 2 is 2.06 bits per heavy atom. The maximum atomic E-state index is 13.9. The second-order valence-electron chi connectivity index (χ2n) is 8.38. The highest BCUT2D eigenvalue weighted by Gasteiger charge is 2.23. The van der Waals surface area contributed by atoms with Crippen LogP contribution in [0, 0.1) is 15.6 Å². The van der Waals surface area contributed by atoms with Crippen molar-refractivity contribution < 1.29 is 14.0 Å². The van der Waals surface area contributed by atoms with Crippen molar-refractivity contribution in [1.29, 1.82) is 0 Å². The third-order valence-corrected chi connectivity index (χ3v) is 6.49. The molecule has 0 aliphatic heterocycles. The normalized spacial score (nSPS) is 13.2. The summed E-state index contributed by atoms with van der Waals surface area (Å²) in [4.78, 5) is 36.6. The zero-order chi connectivity index (χ0) is 23.0. The van der Waals surface area contributed by atoms with Crippen molar-refractivity contribution in [1.82, 2.24) is 24.8 Å². The topological polar surface area (TPSA) is 116 Å². The average Bonchev–Trinajstić information content (AvgIpc) is 3.25. The van der Waals surface area contributed by atoms with Gasteiger partial charge in [0, 0.05) is 41.5 Å². The summed E-state index contributed by atoms with van der Waals surface area (Å²) in [7, 11) is 0. The third kappa shape index (κ3) is 4.59. The van der Waals surface area contributed by atoms with E-state index in [9.17, 15) is 14.0 Å². The number of nitrogens with two attached hydrogens (primary N) is 1. The predicted octanol–water partition coefficient (Wildman–Crippen LogP) is 3.03. The molecule has 1 aromatic carbocycles. The highest BCUT2D eigenvalue weighted by molar-refractivity contribution is 14.1. The molecule has 8 nitrogen and oxygen atoms in total. The van der Waals surface area contributed by atoms with E-state index in [1.54, 1.807) is 4.57 Å². The number of carbonyl (C=O) groups is 2. The molecule has 0 fully saturated rings. The Labute approximate surface area is 198 Å². The largest absolute Gasteiger partial charge is 0.382 e. The van der Waals surface area contributed by atoms with Crippen LogP contribution in [-0.2, 0) is 24.2 Å². The molecule has 0 radical (unpaired) electrons. The minimum Gasteiger partial charge on any atom is -0.382 e. The Morgan fingerprint density at radius 1 is 1.28 bits per heavy atom. The zero-order valence-corrected chi connectivity index (χ0v) is 20.1. The van der Waals surface area contributed by atoms with Crippen molar-refractivity contribution in [2.45, 2.75) is 46.1 Å². The Bertz CT molecular complexity index is 1220. The van der Waals surface area contributed by atoms with Gasteiger partial charge in [-0.05, 0) is 58.2 Å². The van der Waals surface area contributed by atoms with Crippen LogP contribution in [0.5, 0.6) is 0 Å². The van der Waals surface area contributed by atoms with E-state index in [1.165, 1.54) is 0 Å². The molecule has 0 saturated heterocycles. The summed E-state index contributed by atoms with van der Waals surface area (Å²) >= 11 is 2.25. The highest BCUT2D eigenvalue weighted by atomic mass is 127. The van der Waals surface area contributed by atoms with Crippen LogP contribution in [0.1, 0.15) is 54.0 Å². The maximum absolute atomic E-state index is 13.9. The minimum atomic E-state index is -0.940. The minimum absolute atomic E-state index is 0.0458. The molecule has 4 rings (SSSR count). The molecule has 0 bridgehead atoms. The van der Waals surface area contributed by atoms with E-state index in [0.717, 1.165) is 26.7 Å². The van der Waals surface area contributed by atoms with Gasteiger partial charge in [-0.25, -0.2) is 4.98 Å². The maximum Gasteiger partial charge on any atom is 0.312 e. The summed E-state index contributed by atoms with van der Waals surface area (Å²) in [5.74, 6) is 0.925. The van der Waals surface area contributed by atoms with Gasteiger partial charge in [0.15, 0.2) is 22.8 Å². The number of rotatable bonds is 7. The molecule has 0 spiro atoms. The van der Waals surface area contributed by atoms with Gasteiger partial charge in [0.2, 0.25) is 5.91 Å². The van der Waals surface area contributed by atoms with Crippen LogP contribution in [-0.4, -0.2) is 37.8 Å². The number of imidazole rings is 1. The number of nitrogens with zero attached hydrogens (tertiary/aromatic N) is 4. The monoisotopic (exact) mass is 550 g/mol. The van der Waals surface area contributed by atoms with E-state index >= 15 is 0 Å². The number of fused-ring (bicyclic) bond motifs is 2. The fraction of sp³-hybridized carbons (Fsp3) is 0.409. The van der Waals surface area contributed by atoms with Crippen LogP contribution >= 0.6 is 22.6 Å². The Kier molecular flexibility index (Phi) is 6.40. The molecule has 0 unspecified atom stereocenters. The van der Waals surface area contributed by atoms with Gasteiger partial charge in [0.05, 0.1) is 0 Å². The number of amides is 1. The summed E-state index contributed by atoms with van der Waals surface area (Å²) in [6, 6.07) is 3.96. The van der Waals surface area contributed by atoms with E-state index in [1.807, 2.05) is 26.0 Å². The molecule has 168 valence electrons. The lowest BCUT2D eigenvalue weighted by Gasteiger charge is -2.12. The molecule has 2 aromatic heterocycles. The SMILES string of the molecule is CC(C)CNC(=O)CCn1c(Cc2cc3c(cc2I)CCC3=O)nc2c(N)nc(F)nc21. The van der Waals surface area contributed by atoms with Crippen LogP contribution in [0.15, 0.2) is 12.1 Å². The summed E-state index contributed by atoms with van der Waals surface area (Å²) in [5.41, 5.74) is 9.21. The van der Waals surface area contributed by atoms with Crippen LogP contribution in [0.4, 0.5) is 10.2 Å². The summed E-state index contributed by atoms with van der Waals surface area (Å²) in [6.07, 6.45) is 0.939. The number of halogens is 2. The van der Waals surface area contributed by atoms with Crippen LogP contribution < -0.4 is 11.1 Å². The number of benzene rings is 1. The number of nitrogens with one attached hydrogen (secondary N) is 1. The quantitative estimate of drug-likeness (QED) is 0.345. The predicted molar refractivity (Wildman–Crippen MR) is 127 cm³/mol. The molecular weight excluding hydrogens is 526 g/mol. The van der Waals surface area contributed by atoms with E-state index in [4.69, 9.17) is 5.73 Å². The fourth-order valence-corrected chi connectivity index (χ4v) is 4.57. The number of carbonyl (C=O) groups excluding carboxylic acids is 2. The van der Waals surface area contributed by atoms with Crippen molar-refractivity contribution in [3.05, 3.63) is 44.3 Å². The van der Waals surface area contributed by atoms with Crippen molar-refractivity contribution in [3.63, 3.8) is 0 Å². The lowest BCUT2D eigenvalue weighted by Crippen LogP contribution is -2.28. The molecular formula is C22H24FIN6O2. The van der Waals surface area contributed by atoms with Crippen molar-refractivity contribution >= 4 is 51.3 Å². The van der Waals surface area contributed by atoms with Crippen LogP contribution in [0.3, 0.4) is 0 Å². The zero-order valence-electron chi connectivity index (χ0n) is 17.9. The van der Waals surface area contributed by atoms with Gasteiger partial charge >= 0.3 is 6.08 Å². The van der Waals surface area contributed by atoms with Gasteiger partial charge in [-0.1, -0.05) is 13.8 Å². The second-order valence-corrected chi connectivity index (χ2v) is 9.54. The number of Topliss-reactive ketones (excluding diaryl/α,β-unsaturated/α-hetero) is 1. The number of aryl methyl sites for hydroxylation is 2. The summed E-state index contributed by atoms with van der Waals surface area (Å²) in [5, 5.41) is 2.88. The molecule has 1 aliphatic carbocycles. The smallest absolute Gasteiger partial charge is 0.312 e. The van der Waals surface area contributed by atoms with E-state index in [-0.39, 0.29) is 36.1 Å². The Balaban J connectivity index is 1.69. The lowest BCUT2D eigenvalue weighted by atomic mass is 10.0. The average molecular weight is 550 g/mol. The third-order valence-electron chi connectivity index (χ3n) is 5.49. The molecule has 1 amide bonds. The molecule has 2 heterocycles. The standard InChI is InChI=1S/C22H24FIN6O2/c1-11(2)10-26-18(32)5-6-30-17(27-19-20(25)28-22(23)29-21(19)30)9-13-7-14-12(8-15(13)24)3-4-16(14)31/h7-8,11H,3-6,9-10H2,1-2H3,(H,26,32)(H2,25,28,29). The molecule has 32 heavy (non-hydrogen) atoms.